The quantitative estimate of drug-likeness (QED) is 0.853. The Bertz CT molecular complexity index is 603. The fraction of sp³-hybridized carbons (Fsp3) is 0.500. The Labute approximate surface area is 120 Å². The lowest BCUT2D eigenvalue weighted by atomic mass is 10.2. The highest BCUT2D eigenvalue weighted by molar-refractivity contribution is 7.89. The Morgan fingerprint density at radius 2 is 1.85 bits per heavy atom. The number of nitrogens with one attached hydrogen (secondary N) is 1. The molecule has 5 nitrogen and oxygen atoms in total. The molecule has 1 heterocycles. The molecule has 0 bridgehead atoms. The number of ketones is 1. The maximum absolute atomic E-state index is 12.8. The third-order valence-electron chi connectivity index (χ3n) is 3.56. The van der Waals surface area contributed by atoms with E-state index in [0.717, 1.165) is 0 Å². The van der Waals surface area contributed by atoms with Gasteiger partial charge in [-0.3, -0.25) is 4.79 Å². The second kappa shape index (κ2) is 5.63. The van der Waals surface area contributed by atoms with E-state index in [0.29, 0.717) is 18.7 Å². The van der Waals surface area contributed by atoms with Crippen LogP contribution in [0.1, 0.15) is 31.1 Å². The van der Waals surface area contributed by atoms with Crippen LogP contribution in [-0.2, 0) is 10.0 Å². The predicted molar refractivity (Wildman–Crippen MR) is 77.3 cm³/mol. The van der Waals surface area contributed by atoms with Gasteiger partial charge in [0, 0.05) is 30.7 Å². The molecule has 1 aromatic carbocycles. The zero-order chi connectivity index (χ0) is 14.9. The van der Waals surface area contributed by atoms with Gasteiger partial charge in [-0.1, -0.05) is 12.1 Å². The van der Waals surface area contributed by atoms with Crippen LogP contribution in [0.5, 0.6) is 0 Å². The monoisotopic (exact) mass is 296 g/mol. The number of hydrogen-bond acceptors (Lipinski definition) is 4. The molecule has 2 rings (SSSR count). The van der Waals surface area contributed by atoms with Crippen LogP contribution in [-0.4, -0.2) is 43.7 Å². The molecule has 0 amide bonds. The smallest absolute Gasteiger partial charge is 0.243 e. The van der Waals surface area contributed by atoms with Gasteiger partial charge in [0.1, 0.15) is 0 Å². The summed E-state index contributed by atoms with van der Waals surface area (Å²) in [4.78, 5) is 11.6. The number of carbonyl (C=O) groups excluding carboxylic acids is 1. The van der Waals surface area contributed by atoms with E-state index >= 15 is 0 Å². The Morgan fingerprint density at radius 3 is 2.40 bits per heavy atom. The molecule has 1 aliphatic rings. The largest absolute Gasteiger partial charge is 0.314 e. The van der Waals surface area contributed by atoms with Crippen LogP contribution in [0, 0.1) is 0 Å². The number of piperazine rings is 1. The highest BCUT2D eigenvalue weighted by atomic mass is 32.2. The molecule has 1 aromatic rings. The molecule has 2 atom stereocenters. The van der Waals surface area contributed by atoms with E-state index in [1.807, 2.05) is 13.8 Å². The maximum atomic E-state index is 12.8. The van der Waals surface area contributed by atoms with Crippen LogP contribution >= 0.6 is 0 Å². The van der Waals surface area contributed by atoms with E-state index in [1.54, 1.807) is 18.2 Å². The number of rotatable bonds is 3. The summed E-state index contributed by atoms with van der Waals surface area (Å²) < 4.78 is 27.1. The minimum absolute atomic E-state index is 0.107. The molecule has 110 valence electrons. The minimum atomic E-state index is -3.58. The van der Waals surface area contributed by atoms with Crippen LogP contribution in [0.2, 0.25) is 0 Å². The molecule has 1 saturated heterocycles. The lowest BCUT2D eigenvalue weighted by molar-refractivity contribution is 0.101. The van der Waals surface area contributed by atoms with Crippen molar-refractivity contribution in [1.82, 2.24) is 9.62 Å². The molecule has 0 spiro atoms. The summed E-state index contributed by atoms with van der Waals surface area (Å²) in [7, 11) is -3.58. The third kappa shape index (κ3) is 2.77. The van der Waals surface area contributed by atoms with Crippen LogP contribution in [0.15, 0.2) is 29.2 Å². The fourth-order valence-corrected chi connectivity index (χ4v) is 4.45. The van der Waals surface area contributed by atoms with Gasteiger partial charge in [0.15, 0.2) is 5.78 Å². The first-order valence-corrected chi connectivity index (χ1v) is 8.13. The average molecular weight is 296 g/mol. The van der Waals surface area contributed by atoms with Crippen LogP contribution < -0.4 is 5.32 Å². The molecule has 0 saturated carbocycles. The number of Topliss-reactive ketones (excluding diaryl/α,β-unsaturated/α-hetero) is 1. The lowest BCUT2D eigenvalue weighted by Gasteiger charge is -2.38. The molecule has 2 unspecified atom stereocenters. The molecule has 0 radical (unpaired) electrons. The van der Waals surface area contributed by atoms with Crippen molar-refractivity contribution in [3.8, 4) is 0 Å². The number of sulfonamides is 1. The standard InChI is InChI=1S/C14H20N2O3S/c1-10-8-15-9-11(2)16(10)20(18,19)14-6-4-5-13(7-14)12(3)17/h4-7,10-11,15H,8-9H2,1-3H3. The lowest BCUT2D eigenvalue weighted by Crippen LogP contribution is -2.57. The van der Waals surface area contributed by atoms with Crippen molar-refractivity contribution < 1.29 is 13.2 Å². The summed E-state index contributed by atoms with van der Waals surface area (Å²) in [5.41, 5.74) is 0.418. The number of benzene rings is 1. The zero-order valence-electron chi connectivity index (χ0n) is 12.0. The van der Waals surface area contributed by atoms with E-state index in [1.165, 1.54) is 17.3 Å². The Balaban J connectivity index is 2.44. The van der Waals surface area contributed by atoms with Gasteiger partial charge in [0.2, 0.25) is 10.0 Å². The third-order valence-corrected chi connectivity index (χ3v) is 5.69. The molecular formula is C14H20N2O3S. The summed E-state index contributed by atoms with van der Waals surface area (Å²) in [6.45, 7) is 6.47. The number of nitrogens with zero attached hydrogens (tertiary/aromatic N) is 1. The Kier molecular flexibility index (Phi) is 4.27. The first-order valence-electron chi connectivity index (χ1n) is 6.69. The summed E-state index contributed by atoms with van der Waals surface area (Å²) in [6, 6.07) is 6.03. The normalized spacial score (nSPS) is 24.6. The van der Waals surface area contributed by atoms with Gasteiger partial charge in [0.25, 0.3) is 0 Å². The second-order valence-corrected chi connectivity index (χ2v) is 7.12. The van der Waals surface area contributed by atoms with Crippen molar-refractivity contribution in [3.63, 3.8) is 0 Å². The topological polar surface area (TPSA) is 66.5 Å². The highest BCUT2D eigenvalue weighted by Crippen LogP contribution is 2.23. The first-order chi connectivity index (χ1) is 9.34. The molecule has 1 N–H and O–H groups in total. The molecule has 20 heavy (non-hydrogen) atoms. The highest BCUT2D eigenvalue weighted by Gasteiger charge is 2.35. The van der Waals surface area contributed by atoms with Gasteiger partial charge in [-0.2, -0.15) is 4.31 Å². The predicted octanol–water partition coefficient (Wildman–Crippen LogP) is 1.26. The summed E-state index contributed by atoms with van der Waals surface area (Å²) >= 11 is 0. The molecule has 1 aliphatic heterocycles. The Hall–Kier alpha value is -1.24. The van der Waals surface area contributed by atoms with E-state index in [-0.39, 0.29) is 22.8 Å². The van der Waals surface area contributed by atoms with Gasteiger partial charge < -0.3 is 5.32 Å². The molecule has 0 aromatic heterocycles. The molecule has 0 aliphatic carbocycles. The molecule has 1 fully saturated rings. The van der Waals surface area contributed by atoms with Crippen molar-refractivity contribution in [2.24, 2.45) is 0 Å². The van der Waals surface area contributed by atoms with Crippen LogP contribution in [0.3, 0.4) is 0 Å². The number of carbonyl (C=O) groups is 1. The number of hydrogen-bond donors (Lipinski definition) is 1. The van der Waals surface area contributed by atoms with Crippen LogP contribution in [0.4, 0.5) is 0 Å². The van der Waals surface area contributed by atoms with Crippen molar-refractivity contribution in [2.45, 2.75) is 37.8 Å². The summed E-state index contributed by atoms with van der Waals surface area (Å²) in [5.74, 6) is -0.136. The second-order valence-electron chi connectivity index (χ2n) is 5.28. The summed E-state index contributed by atoms with van der Waals surface area (Å²) in [6.07, 6.45) is 0. The van der Waals surface area contributed by atoms with E-state index in [9.17, 15) is 13.2 Å². The van der Waals surface area contributed by atoms with E-state index in [4.69, 9.17) is 0 Å². The van der Waals surface area contributed by atoms with Crippen molar-refractivity contribution >= 4 is 15.8 Å². The molecular weight excluding hydrogens is 276 g/mol. The van der Waals surface area contributed by atoms with Gasteiger partial charge in [0.05, 0.1) is 4.90 Å². The average Bonchev–Trinajstić information content (AvgIpc) is 2.38. The van der Waals surface area contributed by atoms with Gasteiger partial charge in [-0.25, -0.2) is 8.42 Å². The fourth-order valence-electron chi connectivity index (χ4n) is 2.59. The summed E-state index contributed by atoms with van der Waals surface area (Å²) in [5, 5.41) is 3.21. The first kappa shape index (κ1) is 15.2. The zero-order valence-corrected chi connectivity index (χ0v) is 12.8. The Morgan fingerprint density at radius 1 is 1.25 bits per heavy atom. The van der Waals surface area contributed by atoms with Crippen molar-refractivity contribution in [1.29, 1.82) is 0 Å². The SMILES string of the molecule is CC(=O)c1cccc(S(=O)(=O)N2C(C)CNCC2C)c1. The van der Waals surface area contributed by atoms with Gasteiger partial charge in [-0.15, -0.1) is 0 Å². The van der Waals surface area contributed by atoms with Crippen molar-refractivity contribution in [2.75, 3.05) is 13.1 Å². The van der Waals surface area contributed by atoms with Crippen molar-refractivity contribution in [3.05, 3.63) is 29.8 Å². The van der Waals surface area contributed by atoms with Crippen LogP contribution in [0.25, 0.3) is 0 Å². The van der Waals surface area contributed by atoms with E-state index in [2.05, 4.69) is 5.32 Å². The van der Waals surface area contributed by atoms with E-state index < -0.39 is 10.0 Å². The van der Waals surface area contributed by atoms with Gasteiger partial charge >= 0.3 is 0 Å². The minimum Gasteiger partial charge on any atom is -0.314 e. The maximum Gasteiger partial charge on any atom is 0.243 e. The molecule has 6 heteroatoms. The van der Waals surface area contributed by atoms with Gasteiger partial charge in [-0.05, 0) is 32.9 Å².